The molecule has 0 bridgehead atoms. The summed E-state index contributed by atoms with van der Waals surface area (Å²) in [5.41, 5.74) is 1.66. The van der Waals surface area contributed by atoms with Crippen molar-refractivity contribution >= 4 is 16.5 Å². The van der Waals surface area contributed by atoms with Gasteiger partial charge >= 0.3 is 0 Å². The lowest BCUT2D eigenvalue weighted by Crippen LogP contribution is -2.39. The topological polar surface area (TPSA) is 37.4 Å². The lowest BCUT2D eigenvalue weighted by molar-refractivity contribution is 0.181. The van der Waals surface area contributed by atoms with Crippen LogP contribution in [0.5, 0.6) is 0 Å². The number of piperidine rings is 1. The minimum absolute atomic E-state index is 0.566. The van der Waals surface area contributed by atoms with Gasteiger partial charge in [-0.3, -0.25) is 0 Å². The van der Waals surface area contributed by atoms with E-state index < -0.39 is 0 Å². The molecule has 1 fully saturated rings. The number of ether oxygens (including phenoxy) is 1. The van der Waals surface area contributed by atoms with Crippen LogP contribution in [-0.2, 0) is 17.9 Å². The Morgan fingerprint density at radius 1 is 1.29 bits per heavy atom. The van der Waals surface area contributed by atoms with E-state index in [2.05, 4.69) is 24.1 Å². The molecule has 1 aliphatic heterocycles. The predicted octanol–water partition coefficient (Wildman–Crippen LogP) is 3.42. The van der Waals surface area contributed by atoms with Crippen LogP contribution in [0.2, 0.25) is 0 Å². The summed E-state index contributed by atoms with van der Waals surface area (Å²) in [5.74, 6) is 0. The number of rotatable bonds is 7. The molecule has 21 heavy (non-hydrogen) atoms. The Morgan fingerprint density at radius 2 is 1.95 bits per heavy atom. The number of methoxy groups -OCH3 is 1. The summed E-state index contributed by atoms with van der Waals surface area (Å²) >= 11 is 1.82. The maximum Gasteiger partial charge on any atom is 0.185 e. The van der Waals surface area contributed by atoms with Crippen molar-refractivity contribution in [3.8, 4) is 0 Å². The average Bonchev–Trinajstić information content (AvgIpc) is 2.91. The molecule has 0 saturated carbocycles. The number of hydrogen-bond acceptors (Lipinski definition) is 5. The summed E-state index contributed by atoms with van der Waals surface area (Å²) in [6.45, 7) is 8.43. The second-order valence-electron chi connectivity index (χ2n) is 6.02. The molecule has 0 unspecified atom stereocenters. The summed E-state index contributed by atoms with van der Waals surface area (Å²) in [6.07, 6.45) is 5.19. The third-order valence-electron chi connectivity index (χ3n) is 4.98. The van der Waals surface area contributed by atoms with Gasteiger partial charge in [-0.1, -0.05) is 26.7 Å². The smallest absolute Gasteiger partial charge is 0.185 e. The molecular weight excluding hydrogens is 282 g/mol. The van der Waals surface area contributed by atoms with E-state index in [4.69, 9.17) is 9.72 Å². The first-order valence-corrected chi connectivity index (χ1v) is 8.86. The zero-order valence-electron chi connectivity index (χ0n) is 13.9. The van der Waals surface area contributed by atoms with E-state index in [0.29, 0.717) is 12.0 Å². The third kappa shape index (κ3) is 3.76. The highest BCUT2D eigenvalue weighted by molar-refractivity contribution is 7.15. The first kappa shape index (κ1) is 16.7. The molecule has 0 radical (unpaired) electrons. The van der Waals surface area contributed by atoms with Crippen molar-refractivity contribution in [1.82, 2.24) is 10.3 Å². The molecule has 5 heteroatoms. The molecule has 0 aromatic carbocycles. The maximum atomic E-state index is 5.28. The van der Waals surface area contributed by atoms with E-state index in [1.165, 1.54) is 35.7 Å². The summed E-state index contributed by atoms with van der Waals surface area (Å²) in [4.78, 5) is 8.59. The Bertz CT molecular complexity index is 409. The first-order valence-electron chi connectivity index (χ1n) is 8.05. The van der Waals surface area contributed by atoms with Crippen LogP contribution in [0.15, 0.2) is 0 Å². The van der Waals surface area contributed by atoms with Gasteiger partial charge in [-0.25, -0.2) is 4.98 Å². The van der Waals surface area contributed by atoms with Crippen molar-refractivity contribution in [3.63, 3.8) is 0 Å². The predicted molar refractivity (Wildman–Crippen MR) is 90.1 cm³/mol. The van der Waals surface area contributed by atoms with E-state index in [9.17, 15) is 0 Å². The van der Waals surface area contributed by atoms with Crippen LogP contribution in [0, 0.1) is 5.41 Å². The highest BCUT2D eigenvalue weighted by atomic mass is 32.1. The Balaban J connectivity index is 2.07. The molecule has 2 rings (SSSR count). The monoisotopic (exact) mass is 311 g/mol. The quantitative estimate of drug-likeness (QED) is 0.837. The van der Waals surface area contributed by atoms with E-state index in [0.717, 1.165) is 25.3 Å². The summed E-state index contributed by atoms with van der Waals surface area (Å²) < 4.78 is 5.28. The van der Waals surface area contributed by atoms with Gasteiger partial charge in [0.15, 0.2) is 5.13 Å². The fraction of sp³-hybridized carbons (Fsp3) is 0.812. The molecule has 1 aromatic heterocycles. The van der Waals surface area contributed by atoms with Crippen LogP contribution < -0.4 is 10.2 Å². The Morgan fingerprint density at radius 3 is 2.48 bits per heavy atom. The number of aromatic nitrogens is 1. The zero-order valence-corrected chi connectivity index (χ0v) is 14.7. The van der Waals surface area contributed by atoms with E-state index >= 15 is 0 Å². The van der Waals surface area contributed by atoms with E-state index in [-0.39, 0.29) is 0 Å². The zero-order chi connectivity index (χ0) is 15.3. The van der Waals surface area contributed by atoms with Crippen molar-refractivity contribution in [2.24, 2.45) is 5.41 Å². The molecule has 0 atom stereocenters. The van der Waals surface area contributed by atoms with E-state index in [1.807, 2.05) is 18.4 Å². The molecular formula is C16H29N3OS. The standard InChI is InChI=1S/C16H29N3OS/c1-5-16(6-2)7-9-19(10-8-16)15-18-13(12-20-4)14(21-15)11-17-3/h17H,5-12H2,1-4H3. The fourth-order valence-electron chi connectivity index (χ4n) is 3.18. The van der Waals surface area contributed by atoms with Crippen LogP contribution >= 0.6 is 11.3 Å². The molecule has 4 nitrogen and oxygen atoms in total. The highest BCUT2D eigenvalue weighted by Gasteiger charge is 2.32. The normalized spacial score (nSPS) is 18.2. The summed E-state index contributed by atoms with van der Waals surface area (Å²) in [5, 5.41) is 4.40. The number of thiazole rings is 1. The van der Waals surface area contributed by atoms with Crippen molar-refractivity contribution in [2.75, 3.05) is 32.1 Å². The van der Waals surface area contributed by atoms with Crippen molar-refractivity contribution < 1.29 is 4.74 Å². The lowest BCUT2D eigenvalue weighted by atomic mass is 9.74. The second kappa shape index (κ2) is 7.56. The van der Waals surface area contributed by atoms with Crippen molar-refractivity contribution in [2.45, 2.75) is 52.7 Å². The minimum Gasteiger partial charge on any atom is -0.378 e. The molecule has 1 aromatic rings. The summed E-state index contributed by atoms with van der Waals surface area (Å²) in [7, 11) is 3.72. The van der Waals surface area contributed by atoms with Crippen LogP contribution in [0.3, 0.4) is 0 Å². The van der Waals surface area contributed by atoms with Gasteiger partial charge in [0.25, 0.3) is 0 Å². The van der Waals surface area contributed by atoms with E-state index in [1.54, 1.807) is 7.11 Å². The first-order chi connectivity index (χ1) is 10.2. The SMILES string of the molecule is CCC1(CC)CCN(c2nc(COC)c(CNC)s2)CC1. The van der Waals surface area contributed by atoms with Crippen LogP contribution in [-0.4, -0.2) is 32.2 Å². The van der Waals surface area contributed by atoms with Crippen LogP contribution in [0.25, 0.3) is 0 Å². The number of anilines is 1. The van der Waals surface area contributed by atoms with Gasteiger partial charge in [0.1, 0.15) is 0 Å². The van der Waals surface area contributed by atoms with Gasteiger partial charge in [0.05, 0.1) is 12.3 Å². The van der Waals surface area contributed by atoms with Crippen LogP contribution in [0.4, 0.5) is 5.13 Å². The Labute approximate surface area is 132 Å². The lowest BCUT2D eigenvalue weighted by Gasteiger charge is -2.40. The van der Waals surface area contributed by atoms with Crippen molar-refractivity contribution in [1.29, 1.82) is 0 Å². The number of nitrogens with one attached hydrogen (secondary N) is 1. The molecule has 2 heterocycles. The van der Waals surface area contributed by atoms with Gasteiger partial charge < -0.3 is 15.0 Å². The fourth-order valence-corrected chi connectivity index (χ4v) is 4.31. The molecule has 1 aliphatic rings. The average molecular weight is 311 g/mol. The molecule has 1 N–H and O–H groups in total. The maximum absolute atomic E-state index is 5.28. The Kier molecular flexibility index (Phi) is 6.02. The second-order valence-corrected chi connectivity index (χ2v) is 7.09. The minimum atomic E-state index is 0.566. The summed E-state index contributed by atoms with van der Waals surface area (Å²) in [6, 6.07) is 0. The molecule has 120 valence electrons. The van der Waals surface area contributed by atoms with Gasteiger partial charge in [-0.15, -0.1) is 11.3 Å². The van der Waals surface area contributed by atoms with Gasteiger partial charge in [0.2, 0.25) is 0 Å². The van der Waals surface area contributed by atoms with Gasteiger partial charge in [0, 0.05) is 31.6 Å². The molecule has 0 aliphatic carbocycles. The van der Waals surface area contributed by atoms with Gasteiger partial charge in [-0.05, 0) is 25.3 Å². The van der Waals surface area contributed by atoms with Crippen LogP contribution in [0.1, 0.15) is 50.1 Å². The third-order valence-corrected chi connectivity index (χ3v) is 6.14. The van der Waals surface area contributed by atoms with Crippen molar-refractivity contribution in [3.05, 3.63) is 10.6 Å². The number of hydrogen-bond donors (Lipinski definition) is 1. The van der Waals surface area contributed by atoms with Gasteiger partial charge in [-0.2, -0.15) is 0 Å². The highest BCUT2D eigenvalue weighted by Crippen LogP contribution is 2.40. The largest absolute Gasteiger partial charge is 0.378 e. The number of nitrogens with zero attached hydrogens (tertiary/aromatic N) is 2. The Hall–Kier alpha value is -0.650. The molecule has 1 saturated heterocycles. The molecule has 0 amide bonds. The molecule has 0 spiro atoms.